The van der Waals surface area contributed by atoms with Crippen LogP contribution in [0, 0.1) is 17.8 Å². The average Bonchev–Trinajstić information content (AvgIpc) is 1.46. The van der Waals surface area contributed by atoms with E-state index in [2.05, 4.69) is 30.9 Å². The summed E-state index contributed by atoms with van der Waals surface area (Å²) < 4.78 is 73.0. The van der Waals surface area contributed by atoms with Crippen molar-refractivity contribution >= 4 is 80.9 Å². The number of amides is 9. The van der Waals surface area contributed by atoms with E-state index in [4.69, 9.17) is 37.5 Å². The number of allylic oxidation sites excluding steroid dienone is 1. The Bertz CT molecular complexity index is 3040. The van der Waals surface area contributed by atoms with Crippen LogP contribution in [0.1, 0.15) is 120 Å². The highest BCUT2D eigenvalue weighted by Gasteiger charge is 2.39. The standard InChI is InChI=1S/C65H102N8O24P2/c1-13-43(5)57-60(79)69-48(10)64(83)96-58(44(6)14-2)46(8)51(25-24-45(7)63(82)94-52(39-42(3)4)59(78)68-47(9)61(80)72(12)50(40-49-21-17-15-18-22-49)62(81)71(11)41-54(75)70-57)95-65(84)67-29-32-92-98(85,86)97-99(87,88)93-38-37-91-36-35-90-34-33-89-31-28-66-53(74)23-19-16-20-30-73-55(76)26-27-56(73)77/h14-15,17-18,21-22,24,26-27,42-43,46-48,50-52,57-58H,13,16,19-20,23,25,28-41H2,1-12H3,(H,66,74)(H,67,84)(H,68,78)(H,69,79)(H,70,75)(H,85,86)(H,87,88)/b44-14+,45-24+/t43?,46-,47-,48+,50+,51-,52+,57-,58+/m0/s1. The fourth-order valence-corrected chi connectivity index (χ4v) is 11.9. The first-order valence-corrected chi connectivity index (χ1v) is 36.0. The minimum Gasteiger partial charge on any atom is -0.456 e. The van der Waals surface area contributed by atoms with Gasteiger partial charge in [0.05, 0.1) is 59.4 Å². The monoisotopic (exact) mass is 1440 g/mol. The predicted molar refractivity (Wildman–Crippen MR) is 358 cm³/mol. The smallest absolute Gasteiger partial charge is 0.456 e. The van der Waals surface area contributed by atoms with Crippen molar-refractivity contribution in [2.24, 2.45) is 17.8 Å². The molecule has 0 saturated heterocycles. The van der Waals surface area contributed by atoms with Crippen molar-refractivity contribution in [2.45, 2.75) is 163 Å². The molecule has 3 rings (SSSR count). The van der Waals surface area contributed by atoms with Crippen molar-refractivity contribution in [3.63, 3.8) is 0 Å². The fourth-order valence-electron chi connectivity index (χ4n) is 9.85. The number of ether oxygens (including phenoxy) is 6. The number of phosphoric acid groups is 2. The van der Waals surface area contributed by atoms with Gasteiger partial charge in [0.1, 0.15) is 36.4 Å². The molecule has 9 amide bonds. The summed E-state index contributed by atoms with van der Waals surface area (Å²) in [7, 11) is -7.82. The number of nitrogens with zero attached hydrogens (tertiary/aromatic N) is 3. The molecule has 0 radical (unpaired) electrons. The maximum atomic E-state index is 14.3. The maximum Gasteiger partial charge on any atom is 0.481 e. The number of rotatable bonds is 33. The van der Waals surface area contributed by atoms with E-state index in [0.29, 0.717) is 43.4 Å². The van der Waals surface area contributed by atoms with Crippen LogP contribution in [-0.2, 0) is 105 Å². The topological polar surface area (TPSA) is 415 Å². The Labute approximate surface area is 578 Å². The zero-order valence-corrected chi connectivity index (χ0v) is 60.5. The summed E-state index contributed by atoms with van der Waals surface area (Å²) >= 11 is 0. The first-order chi connectivity index (χ1) is 46.7. The molecule has 11 atom stereocenters. The Morgan fingerprint density at radius 1 is 0.747 bits per heavy atom. The molecular formula is C65H102N8O24P2. The number of carbonyl (C=O) groups is 11. The Kier molecular flexibility index (Phi) is 38.3. The van der Waals surface area contributed by atoms with Gasteiger partial charge in [0, 0.05) is 76.6 Å². The zero-order valence-electron chi connectivity index (χ0n) is 58.7. The van der Waals surface area contributed by atoms with Crippen LogP contribution in [-0.4, -0.2) is 225 Å². The van der Waals surface area contributed by atoms with E-state index in [1.807, 2.05) is 0 Å². The van der Waals surface area contributed by atoms with E-state index in [0.717, 1.165) is 14.7 Å². The summed E-state index contributed by atoms with van der Waals surface area (Å²) in [5.74, 6) is -8.07. The summed E-state index contributed by atoms with van der Waals surface area (Å²) in [6.07, 6.45) is 2.66. The van der Waals surface area contributed by atoms with E-state index >= 15 is 0 Å². The van der Waals surface area contributed by atoms with Gasteiger partial charge in [-0.2, -0.15) is 4.31 Å². The highest BCUT2D eigenvalue weighted by atomic mass is 31.3. The lowest BCUT2D eigenvalue weighted by Gasteiger charge is -2.33. The molecule has 0 aromatic heterocycles. The number of alkyl carbamates (subject to hydrolysis) is 1. The van der Waals surface area contributed by atoms with Crippen molar-refractivity contribution in [3.05, 3.63) is 71.3 Å². The first-order valence-electron chi connectivity index (χ1n) is 33.0. The zero-order chi connectivity index (χ0) is 74.0. The second-order valence-corrected chi connectivity index (χ2v) is 27.4. The van der Waals surface area contributed by atoms with Crippen molar-refractivity contribution < 1.29 is 113 Å². The van der Waals surface area contributed by atoms with Gasteiger partial charge in [-0.05, 0) is 76.9 Å². The molecule has 556 valence electrons. The normalized spacial score (nSPS) is 23.8. The lowest BCUT2D eigenvalue weighted by atomic mass is 9.90. The number of hydrogen-bond donors (Lipinski definition) is 7. The molecule has 0 bridgehead atoms. The molecule has 1 aromatic carbocycles. The van der Waals surface area contributed by atoms with Gasteiger partial charge in [0.25, 0.3) is 17.7 Å². The van der Waals surface area contributed by atoms with Crippen LogP contribution in [0.4, 0.5) is 4.79 Å². The van der Waals surface area contributed by atoms with Gasteiger partial charge >= 0.3 is 33.7 Å². The lowest BCUT2D eigenvalue weighted by molar-refractivity contribution is -0.155. The quantitative estimate of drug-likeness (QED) is 0.0131. The number of carbonyl (C=O) groups excluding carboxylic acids is 11. The minimum atomic E-state index is -5.34. The van der Waals surface area contributed by atoms with Gasteiger partial charge in [-0.3, -0.25) is 52.3 Å². The van der Waals surface area contributed by atoms with Crippen molar-refractivity contribution in [1.82, 2.24) is 41.3 Å². The number of benzene rings is 1. The minimum absolute atomic E-state index is 0.00721. The molecule has 0 fully saturated rings. The molecule has 3 unspecified atom stereocenters. The Morgan fingerprint density at radius 2 is 1.33 bits per heavy atom. The van der Waals surface area contributed by atoms with Crippen LogP contribution in [0.2, 0.25) is 0 Å². The van der Waals surface area contributed by atoms with Crippen LogP contribution in [0.3, 0.4) is 0 Å². The van der Waals surface area contributed by atoms with Crippen LogP contribution in [0.15, 0.2) is 65.8 Å². The van der Waals surface area contributed by atoms with E-state index in [1.54, 1.807) is 84.9 Å². The highest BCUT2D eigenvalue weighted by molar-refractivity contribution is 7.61. The van der Waals surface area contributed by atoms with Crippen LogP contribution < -0.4 is 26.6 Å². The molecule has 1 aromatic rings. The Hall–Kier alpha value is -7.25. The second kappa shape index (κ2) is 44.1. The molecule has 0 aliphatic carbocycles. The first kappa shape index (κ1) is 86.0. The van der Waals surface area contributed by atoms with Crippen LogP contribution in [0.25, 0.3) is 0 Å². The van der Waals surface area contributed by atoms with Gasteiger partial charge < -0.3 is 74.6 Å². The molecule has 2 aliphatic rings. The second-order valence-electron chi connectivity index (χ2n) is 24.4. The molecular weight excluding hydrogens is 1340 g/mol. The van der Waals surface area contributed by atoms with E-state index in [9.17, 15) is 71.7 Å². The third-order valence-corrected chi connectivity index (χ3v) is 18.5. The largest absolute Gasteiger partial charge is 0.481 e. The number of likely N-dealkylation sites (N-methyl/N-ethyl adjacent to an activating group) is 2. The Balaban J connectivity index is 1.67. The number of phosphoric ester groups is 2. The number of esters is 2. The van der Waals surface area contributed by atoms with Crippen molar-refractivity contribution in [2.75, 3.05) is 93.1 Å². The summed E-state index contributed by atoms with van der Waals surface area (Å²) in [6.45, 7) is 14.7. The molecule has 34 heteroatoms. The molecule has 2 heterocycles. The molecule has 0 spiro atoms. The molecule has 32 nitrogen and oxygen atoms in total. The van der Waals surface area contributed by atoms with Gasteiger partial charge in [0.15, 0.2) is 6.10 Å². The lowest BCUT2D eigenvalue weighted by Crippen LogP contribution is -2.57. The summed E-state index contributed by atoms with van der Waals surface area (Å²) in [5.41, 5.74) is 1.06. The molecule has 0 saturated carbocycles. The van der Waals surface area contributed by atoms with E-state index in [-0.39, 0.29) is 101 Å². The highest BCUT2D eigenvalue weighted by Crippen LogP contribution is 2.60. The van der Waals surface area contributed by atoms with Crippen molar-refractivity contribution in [1.29, 1.82) is 0 Å². The van der Waals surface area contributed by atoms with Crippen LogP contribution >= 0.6 is 15.6 Å². The predicted octanol–water partition coefficient (Wildman–Crippen LogP) is 3.87. The molecule has 99 heavy (non-hydrogen) atoms. The maximum absolute atomic E-state index is 14.3. The summed E-state index contributed by atoms with van der Waals surface area (Å²) in [5, 5.41) is 13.0. The number of nitrogens with one attached hydrogen (secondary N) is 5. The third kappa shape index (κ3) is 31.9. The van der Waals surface area contributed by atoms with Gasteiger partial charge in [0.2, 0.25) is 29.5 Å². The third-order valence-electron chi connectivity index (χ3n) is 15.9. The summed E-state index contributed by atoms with van der Waals surface area (Å²) in [4.78, 5) is 171. The SMILES string of the molecule is C/C=C(\C)[C@H]1OC(=O)[C@@H](C)NC(=O)[C@H](C(C)CC)NC(=O)CN(C)C(=O)[C@@H](Cc2ccccc2)N(C)C(=O)[C@H](C)NC(=O)[C@@H](CC(C)C)OC(=O)/C(C)=C/C[C@H](OC(=O)NCCOP(=O)(O)OP(=O)(O)OCCOCCOCCOCCNC(=O)CCCCCN2C(=O)C=CC2=O)[C@@H]1C. The molecule has 2 aliphatic heterocycles. The van der Waals surface area contributed by atoms with Gasteiger partial charge in [-0.15, -0.1) is 0 Å². The van der Waals surface area contributed by atoms with E-state index in [1.165, 1.54) is 53.1 Å². The van der Waals surface area contributed by atoms with E-state index < -0.39 is 144 Å². The Morgan fingerprint density at radius 3 is 1.94 bits per heavy atom. The number of hydrogen-bond acceptors (Lipinski definition) is 22. The number of imide groups is 1. The van der Waals surface area contributed by atoms with Gasteiger partial charge in [-0.25, -0.2) is 23.5 Å². The summed E-state index contributed by atoms with van der Waals surface area (Å²) in [6, 6.07) is 3.77. The molecule has 7 N–H and O–H groups in total. The number of unbranched alkanes of at least 4 members (excludes halogenated alkanes) is 2. The average molecular weight is 1440 g/mol. The van der Waals surface area contributed by atoms with Crippen LogP contribution in [0.5, 0.6) is 0 Å². The van der Waals surface area contributed by atoms with Crippen molar-refractivity contribution in [3.8, 4) is 0 Å². The number of cyclic esters (lactones) is 2. The van der Waals surface area contributed by atoms with Gasteiger partial charge in [-0.1, -0.05) is 89.9 Å². The fraction of sp³-hybridized carbons (Fsp3) is 0.646.